The molecule has 4 rings (SSSR count). The second-order valence-electron chi connectivity index (χ2n) is 6.76. The topological polar surface area (TPSA) is 51.0 Å². The molecule has 0 atom stereocenters. The van der Waals surface area contributed by atoms with Gasteiger partial charge in [0.15, 0.2) is 0 Å². The Labute approximate surface area is 170 Å². The monoisotopic (exact) mass is 408 g/mol. The maximum absolute atomic E-state index is 13.1. The molecule has 0 fully saturated rings. The van der Waals surface area contributed by atoms with Crippen LogP contribution in [0, 0.1) is 18.8 Å². The summed E-state index contributed by atoms with van der Waals surface area (Å²) in [5, 5.41) is 4.20. The van der Waals surface area contributed by atoms with Crippen molar-refractivity contribution in [3.63, 3.8) is 0 Å². The highest BCUT2D eigenvalue weighted by molar-refractivity contribution is 6.09. The van der Waals surface area contributed by atoms with E-state index in [-0.39, 0.29) is 12.2 Å². The fraction of sp³-hybridized carbons (Fsp3) is 0.136. The Balaban J connectivity index is 1.69. The van der Waals surface area contributed by atoms with E-state index in [1.807, 2.05) is 13.0 Å². The van der Waals surface area contributed by atoms with E-state index in [1.54, 1.807) is 12.3 Å². The summed E-state index contributed by atoms with van der Waals surface area (Å²) in [6.45, 7) is 5.89. The van der Waals surface area contributed by atoms with Crippen LogP contribution >= 0.6 is 0 Å². The summed E-state index contributed by atoms with van der Waals surface area (Å²) in [4.78, 5) is 18.6. The van der Waals surface area contributed by atoms with E-state index in [0.717, 1.165) is 23.4 Å². The molecule has 1 aromatic carbocycles. The van der Waals surface area contributed by atoms with Crippen LogP contribution < -0.4 is 4.90 Å². The summed E-state index contributed by atoms with van der Waals surface area (Å²) in [7, 11) is 0. The first-order chi connectivity index (χ1) is 14.2. The van der Waals surface area contributed by atoms with Crippen molar-refractivity contribution < 1.29 is 18.0 Å². The average molecular weight is 408 g/mol. The first-order valence-corrected chi connectivity index (χ1v) is 8.94. The quantitative estimate of drug-likeness (QED) is 0.569. The zero-order valence-electron chi connectivity index (χ0n) is 15.9. The molecule has 0 bridgehead atoms. The molecular formula is C22H15F3N4O. The molecule has 1 aliphatic heterocycles. The van der Waals surface area contributed by atoms with Crippen LogP contribution in [0.1, 0.15) is 32.9 Å². The van der Waals surface area contributed by atoms with E-state index in [9.17, 15) is 18.0 Å². The highest BCUT2D eigenvalue weighted by Gasteiger charge is 2.33. The molecule has 150 valence electrons. The summed E-state index contributed by atoms with van der Waals surface area (Å²) < 4.78 is 39.9. The van der Waals surface area contributed by atoms with Gasteiger partial charge in [-0.1, -0.05) is 18.4 Å². The minimum Gasteiger partial charge on any atom is -0.301 e. The number of amides is 1. The molecule has 0 radical (unpaired) electrons. The number of halogens is 3. The number of alkyl halides is 3. The first-order valence-electron chi connectivity index (χ1n) is 8.94. The molecule has 0 aliphatic carbocycles. The van der Waals surface area contributed by atoms with E-state index >= 15 is 0 Å². The van der Waals surface area contributed by atoms with Crippen molar-refractivity contribution in [3.8, 4) is 11.8 Å². The fourth-order valence-corrected chi connectivity index (χ4v) is 3.14. The molecule has 8 heteroatoms. The maximum atomic E-state index is 13.1. The number of carbonyl (C=O) groups is 1. The van der Waals surface area contributed by atoms with Gasteiger partial charge in [-0.15, -0.1) is 0 Å². The summed E-state index contributed by atoms with van der Waals surface area (Å²) in [5.41, 5.74) is 2.26. The summed E-state index contributed by atoms with van der Waals surface area (Å²) >= 11 is 0. The van der Waals surface area contributed by atoms with Crippen LogP contribution in [0.5, 0.6) is 0 Å². The highest BCUT2D eigenvalue weighted by atomic mass is 19.4. The largest absolute Gasteiger partial charge is 0.416 e. The Morgan fingerprint density at radius 1 is 1.13 bits per heavy atom. The number of aryl methyl sites for hydroxylation is 1. The lowest BCUT2D eigenvalue weighted by molar-refractivity contribution is -0.137. The van der Waals surface area contributed by atoms with Crippen LogP contribution in [0.25, 0.3) is 5.70 Å². The lowest BCUT2D eigenvalue weighted by Crippen LogP contribution is -2.40. The molecule has 5 nitrogen and oxygen atoms in total. The number of benzene rings is 1. The molecule has 3 aromatic rings. The van der Waals surface area contributed by atoms with Crippen LogP contribution in [0.3, 0.4) is 0 Å². The molecule has 1 aliphatic rings. The zero-order chi connectivity index (χ0) is 21.5. The molecule has 0 saturated heterocycles. The van der Waals surface area contributed by atoms with Crippen molar-refractivity contribution in [2.75, 3.05) is 11.4 Å². The van der Waals surface area contributed by atoms with Gasteiger partial charge in [0.05, 0.1) is 29.6 Å². The average Bonchev–Trinajstić information content (AvgIpc) is 3.14. The predicted octanol–water partition coefficient (Wildman–Crippen LogP) is 4.14. The molecule has 0 N–H and O–H groups in total. The third-order valence-corrected chi connectivity index (χ3v) is 4.60. The smallest absolute Gasteiger partial charge is 0.301 e. The Hall–Kier alpha value is -3.86. The number of fused-ring (bicyclic) bond motifs is 1. The van der Waals surface area contributed by atoms with Crippen LogP contribution in [-0.4, -0.2) is 27.2 Å². The molecule has 0 spiro atoms. The molecule has 3 heterocycles. The molecule has 0 saturated carbocycles. The van der Waals surface area contributed by atoms with Gasteiger partial charge in [-0.2, -0.15) is 18.3 Å². The number of pyridine rings is 1. The molecular weight excluding hydrogens is 393 g/mol. The van der Waals surface area contributed by atoms with Crippen molar-refractivity contribution in [2.24, 2.45) is 0 Å². The maximum Gasteiger partial charge on any atom is 0.416 e. The number of nitrogens with zero attached hydrogens (tertiary/aromatic N) is 4. The summed E-state index contributed by atoms with van der Waals surface area (Å²) in [6.07, 6.45) is -1.32. The van der Waals surface area contributed by atoms with E-state index in [0.29, 0.717) is 16.9 Å². The highest BCUT2D eigenvalue weighted by Crippen LogP contribution is 2.32. The standard InChI is InChI=1S/C22H15F3N4O/c1-14-11-16(9-10-26-14)3-4-17-12-27-29-15(2)13-28(21(30)20(17)29)19-7-5-18(6-8-19)22(23,24)25/h5-12H,2,13H2,1H3. The first kappa shape index (κ1) is 19.5. The predicted molar refractivity (Wildman–Crippen MR) is 106 cm³/mol. The van der Waals surface area contributed by atoms with Crippen molar-refractivity contribution in [1.82, 2.24) is 14.8 Å². The van der Waals surface area contributed by atoms with Crippen LogP contribution in [-0.2, 0) is 6.18 Å². The minimum absolute atomic E-state index is 0.106. The van der Waals surface area contributed by atoms with Crippen LogP contribution in [0.15, 0.2) is 55.4 Å². The number of rotatable bonds is 1. The Kier molecular flexibility index (Phi) is 4.66. The van der Waals surface area contributed by atoms with Crippen molar-refractivity contribution in [2.45, 2.75) is 13.1 Å². The van der Waals surface area contributed by atoms with Gasteiger partial charge in [0.1, 0.15) is 5.69 Å². The number of hydrogen-bond donors (Lipinski definition) is 0. The van der Waals surface area contributed by atoms with Gasteiger partial charge in [0.25, 0.3) is 5.91 Å². The Morgan fingerprint density at radius 3 is 2.53 bits per heavy atom. The third-order valence-electron chi connectivity index (χ3n) is 4.60. The van der Waals surface area contributed by atoms with Gasteiger partial charge in [-0.25, -0.2) is 4.68 Å². The second kappa shape index (κ2) is 7.19. The third kappa shape index (κ3) is 3.57. The number of anilines is 1. The van der Waals surface area contributed by atoms with E-state index in [4.69, 9.17) is 0 Å². The summed E-state index contributed by atoms with van der Waals surface area (Å²) in [6, 6.07) is 8.01. The SMILES string of the molecule is C=C1CN(c2ccc(C(F)(F)F)cc2)C(=O)c2c(C#Cc3ccnc(C)c3)cnn21. The van der Waals surface area contributed by atoms with Crippen LogP contribution in [0.4, 0.5) is 18.9 Å². The van der Waals surface area contributed by atoms with Crippen molar-refractivity contribution in [3.05, 3.63) is 83.4 Å². The van der Waals surface area contributed by atoms with Gasteiger partial charge in [0.2, 0.25) is 0 Å². The molecule has 1 amide bonds. The normalized spacial score (nSPS) is 13.7. The number of aromatic nitrogens is 3. The van der Waals surface area contributed by atoms with E-state index < -0.39 is 17.6 Å². The Morgan fingerprint density at radius 2 is 1.87 bits per heavy atom. The van der Waals surface area contributed by atoms with Crippen molar-refractivity contribution in [1.29, 1.82) is 0 Å². The Bertz CT molecular complexity index is 1210. The van der Waals surface area contributed by atoms with Crippen LogP contribution in [0.2, 0.25) is 0 Å². The van der Waals surface area contributed by atoms with Gasteiger partial charge in [0, 0.05) is 23.1 Å². The fourth-order valence-electron chi connectivity index (χ4n) is 3.14. The second-order valence-corrected chi connectivity index (χ2v) is 6.76. The lowest BCUT2D eigenvalue weighted by atomic mass is 10.1. The zero-order valence-corrected chi connectivity index (χ0v) is 15.9. The van der Waals surface area contributed by atoms with Crippen molar-refractivity contribution >= 4 is 17.3 Å². The van der Waals surface area contributed by atoms with Gasteiger partial charge in [-0.05, 0) is 43.3 Å². The van der Waals surface area contributed by atoms with Gasteiger partial charge < -0.3 is 4.90 Å². The number of carbonyl (C=O) groups excluding carboxylic acids is 1. The van der Waals surface area contributed by atoms with Gasteiger partial charge >= 0.3 is 6.18 Å². The molecule has 2 aromatic heterocycles. The van der Waals surface area contributed by atoms with E-state index in [1.165, 1.54) is 27.9 Å². The molecule has 0 unspecified atom stereocenters. The van der Waals surface area contributed by atoms with Gasteiger partial charge in [-0.3, -0.25) is 9.78 Å². The lowest BCUT2D eigenvalue weighted by Gasteiger charge is -2.29. The summed E-state index contributed by atoms with van der Waals surface area (Å²) in [5.74, 6) is 5.53. The number of hydrogen-bond acceptors (Lipinski definition) is 3. The minimum atomic E-state index is -4.44. The van der Waals surface area contributed by atoms with E-state index in [2.05, 4.69) is 28.5 Å². The molecule has 30 heavy (non-hydrogen) atoms.